The molecule has 0 unspecified atom stereocenters. The van der Waals surface area contributed by atoms with Crippen molar-refractivity contribution >= 4 is 23.2 Å². The first-order chi connectivity index (χ1) is 14.7. The van der Waals surface area contributed by atoms with Crippen molar-refractivity contribution in [2.75, 3.05) is 10.6 Å². The van der Waals surface area contributed by atoms with E-state index < -0.39 is 0 Å². The summed E-state index contributed by atoms with van der Waals surface area (Å²) in [5.74, 6) is 0.0307. The molecule has 0 bridgehead atoms. The lowest BCUT2D eigenvalue weighted by atomic mass is 10.1. The molecule has 162 valence electrons. The molecular formula is C25H30N4O2. The number of hydrogen-bond acceptors (Lipinski definition) is 3. The Balaban J connectivity index is 1.74. The Morgan fingerprint density at radius 2 is 1.74 bits per heavy atom. The fourth-order valence-electron chi connectivity index (χ4n) is 3.58. The number of carbonyl (C=O) groups excluding carboxylic acids is 2. The van der Waals surface area contributed by atoms with Crippen LogP contribution in [0.15, 0.2) is 48.5 Å². The Morgan fingerprint density at radius 3 is 2.45 bits per heavy atom. The van der Waals surface area contributed by atoms with Gasteiger partial charge in [-0.05, 0) is 56.5 Å². The van der Waals surface area contributed by atoms with Gasteiger partial charge in [-0.2, -0.15) is 5.10 Å². The summed E-state index contributed by atoms with van der Waals surface area (Å²) in [5.41, 5.74) is 5.48. The molecule has 0 aliphatic rings. The molecule has 0 atom stereocenters. The van der Waals surface area contributed by atoms with Gasteiger partial charge in [0, 0.05) is 23.5 Å². The van der Waals surface area contributed by atoms with Crippen LogP contribution in [-0.2, 0) is 17.8 Å². The summed E-state index contributed by atoms with van der Waals surface area (Å²) in [6, 6.07) is 14.6. The van der Waals surface area contributed by atoms with Crippen LogP contribution in [0.2, 0.25) is 0 Å². The minimum atomic E-state index is -0.265. The molecule has 0 saturated heterocycles. The van der Waals surface area contributed by atoms with E-state index in [0.717, 1.165) is 34.7 Å². The van der Waals surface area contributed by atoms with Crippen molar-refractivity contribution in [2.45, 2.75) is 47.6 Å². The van der Waals surface area contributed by atoms with Crippen molar-refractivity contribution in [2.24, 2.45) is 5.92 Å². The summed E-state index contributed by atoms with van der Waals surface area (Å²) in [6.07, 6.45) is 0.212. The second kappa shape index (κ2) is 9.60. The molecule has 3 aromatic rings. The second-order valence-corrected chi connectivity index (χ2v) is 8.32. The van der Waals surface area contributed by atoms with E-state index in [0.29, 0.717) is 17.2 Å². The minimum absolute atomic E-state index is 0.175. The van der Waals surface area contributed by atoms with Crippen LogP contribution in [0.25, 0.3) is 0 Å². The third-order valence-corrected chi connectivity index (χ3v) is 5.13. The number of aromatic nitrogens is 2. The largest absolute Gasteiger partial charge is 0.325 e. The first-order valence-electron chi connectivity index (χ1n) is 10.5. The fourth-order valence-corrected chi connectivity index (χ4v) is 3.58. The van der Waals surface area contributed by atoms with Crippen molar-refractivity contribution in [3.05, 3.63) is 76.6 Å². The number of carbonyl (C=O) groups is 2. The molecule has 0 spiro atoms. The fraction of sp³-hybridized carbons (Fsp3) is 0.320. The molecule has 6 nitrogen and oxygen atoms in total. The topological polar surface area (TPSA) is 76.0 Å². The maximum Gasteiger partial charge on any atom is 0.257 e. The quantitative estimate of drug-likeness (QED) is 0.573. The number of nitrogens with zero attached hydrogens (tertiary/aromatic N) is 2. The highest BCUT2D eigenvalue weighted by Gasteiger charge is 2.18. The molecule has 2 aromatic carbocycles. The summed E-state index contributed by atoms with van der Waals surface area (Å²) in [5, 5.41) is 10.4. The van der Waals surface area contributed by atoms with E-state index in [2.05, 4.69) is 29.6 Å². The van der Waals surface area contributed by atoms with Crippen LogP contribution in [0.1, 0.15) is 46.7 Å². The van der Waals surface area contributed by atoms with Crippen LogP contribution in [0.3, 0.4) is 0 Å². The van der Waals surface area contributed by atoms with Gasteiger partial charge in [0.05, 0.1) is 23.4 Å². The molecular weight excluding hydrogens is 388 g/mol. The maximum absolute atomic E-state index is 12.8. The zero-order valence-corrected chi connectivity index (χ0v) is 18.8. The molecule has 3 rings (SSSR count). The van der Waals surface area contributed by atoms with E-state index >= 15 is 0 Å². The Hall–Kier alpha value is -3.41. The number of hydrogen-bond donors (Lipinski definition) is 2. The van der Waals surface area contributed by atoms with Gasteiger partial charge in [-0.1, -0.05) is 38.1 Å². The van der Waals surface area contributed by atoms with Crippen LogP contribution < -0.4 is 10.6 Å². The minimum Gasteiger partial charge on any atom is -0.325 e. The smallest absolute Gasteiger partial charge is 0.257 e. The summed E-state index contributed by atoms with van der Waals surface area (Å²) in [6.45, 7) is 11.0. The molecule has 0 aliphatic carbocycles. The molecule has 2 N–H and O–H groups in total. The predicted octanol–water partition coefficient (Wildman–Crippen LogP) is 4.90. The number of aryl methyl sites for hydroxylation is 2. The first-order valence-corrected chi connectivity index (χ1v) is 10.5. The highest BCUT2D eigenvalue weighted by atomic mass is 16.2. The summed E-state index contributed by atoms with van der Waals surface area (Å²) >= 11 is 0. The van der Waals surface area contributed by atoms with E-state index in [9.17, 15) is 9.59 Å². The van der Waals surface area contributed by atoms with E-state index in [1.54, 1.807) is 24.3 Å². The Bertz CT molecular complexity index is 1100. The molecule has 0 aliphatic heterocycles. The van der Waals surface area contributed by atoms with Gasteiger partial charge in [-0.25, -0.2) is 0 Å². The molecule has 0 radical (unpaired) electrons. The summed E-state index contributed by atoms with van der Waals surface area (Å²) in [7, 11) is 0. The normalized spacial score (nSPS) is 10.9. The maximum atomic E-state index is 12.8. The molecule has 2 amide bonds. The van der Waals surface area contributed by atoms with Gasteiger partial charge in [0.25, 0.3) is 5.91 Å². The molecule has 0 fully saturated rings. The standard InChI is InChI=1S/C25H30N4O2/c1-16(2)15-29-19(5)22(18(4)28-29)14-24(30)27-23-12-7-6-11-21(23)25(31)26-20-10-8-9-17(3)13-20/h6-13,16H,14-15H2,1-5H3,(H,26,31)(H,27,30). The zero-order chi connectivity index (χ0) is 22.5. The first kappa shape index (κ1) is 22.3. The average molecular weight is 419 g/mol. The Kier molecular flexibility index (Phi) is 6.90. The van der Waals surface area contributed by atoms with Crippen LogP contribution in [0, 0.1) is 26.7 Å². The van der Waals surface area contributed by atoms with E-state index in [-0.39, 0.29) is 18.2 Å². The lowest BCUT2D eigenvalue weighted by Gasteiger charge is -2.12. The molecule has 1 aromatic heterocycles. The van der Waals surface area contributed by atoms with Crippen molar-refractivity contribution in [3.63, 3.8) is 0 Å². The van der Waals surface area contributed by atoms with E-state index in [4.69, 9.17) is 0 Å². The van der Waals surface area contributed by atoms with Crippen molar-refractivity contribution in [1.82, 2.24) is 9.78 Å². The average Bonchev–Trinajstić information content (AvgIpc) is 2.95. The second-order valence-electron chi connectivity index (χ2n) is 8.32. The number of anilines is 2. The number of nitrogens with one attached hydrogen (secondary N) is 2. The summed E-state index contributed by atoms with van der Waals surface area (Å²) < 4.78 is 1.96. The number of rotatable bonds is 7. The van der Waals surface area contributed by atoms with Crippen LogP contribution in [0.4, 0.5) is 11.4 Å². The highest BCUT2D eigenvalue weighted by molar-refractivity contribution is 6.10. The third-order valence-electron chi connectivity index (χ3n) is 5.13. The van der Waals surface area contributed by atoms with Crippen molar-refractivity contribution in [3.8, 4) is 0 Å². The van der Waals surface area contributed by atoms with Crippen molar-refractivity contribution in [1.29, 1.82) is 0 Å². The van der Waals surface area contributed by atoms with Crippen LogP contribution in [-0.4, -0.2) is 21.6 Å². The zero-order valence-electron chi connectivity index (χ0n) is 18.8. The Labute approximate surface area is 183 Å². The van der Waals surface area contributed by atoms with Crippen LogP contribution in [0.5, 0.6) is 0 Å². The molecule has 6 heteroatoms. The number of amides is 2. The van der Waals surface area contributed by atoms with Gasteiger partial charge >= 0.3 is 0 Å². The van der Waals surface area contributed by atoms with Gasteiger partial charge in [-0.15, -0.1) is 0 Å². The van der Waals surface area contributed by atoms with Crippen molar-refractivity contribution < 1.29 is 9.59 Å². The molecule has 0 saturated carbocycles. The highest BCUT2D eigenvalue weighted by Crippen LogP contribution is 2.20. The van der Waals surface area contributed by atoms with Crippen LogP contribution >= 0.6 is 0 Å². The SMILES string of the molecule is Cc1cccc(NC(=O)c2ccccc2NC(=O)Cc2c(C)nn(CC(C)C)c2C)c1. The van der Waals surface area contributed by atoms with Gasteiger partial charge in [0.15, 0.2) is 0 Å². The molecule has 1 heterocycles. The van der Waals surface area contributed by atoms with E-state index in [1.807, 2.05) is 49.7 Å². The Morgan fingerprint density at radius 1 is 1.00 bits per heavy atom. The van der Waals surface area contributed by atoms with Gasteiger partial charge in [0.1, 0.15) is 0 Å². The van der Waals surface area contributed by atoms with Gasteiger partial charge in [0.2, 0.25) is 5.91 Å². The monoisotopic (exact) mass is 418 g/mol. The van der Waals surface area contributed by atoms with Gasteiger partial charge in [-0.3, -0.25) is 14.3 Å². The molecule has 31 heavy (non-hydrogen) atoms. The third kappa shape index (κ3) is 5.60. The summed E-state index contributed by atoms with van der Waals surface area (Å²) in [4.78, 5) is 25.6. The van der Waals surface area contributed by atoms with E-state index in [1.165, 1.54) is 0 Å². The number of para-hydroxylation sites is 1. The number of benzene rings is 2. The van der Waals surface area contributed by atoms with Gasteiger partial charge < -0.3 is 10.6 Å². The predicted molar refractivity (Wildman–Crippen MR) is 124 cm³/mol. The lowest BCUT2D eigenvalue weighted by Crippen LogP contribution is -2.20. The lowest BCUT2D eigenvalue weighted by molar-refractivity contribution is -0.115.